The number of fused-ring (bicyclic) bond motifs is 1. The van der Waals surface area contributed by atoms with E-state index in [0.717, 1.165) is 30.6 Å². The largest absolute Gasteiger partial charge is 0.456 e. The molecule has 3 aliphatic rings. The number of benzene rings is 1. The molecule has 32 heavy (non-hydrogen) atoms. The Bertz CT molecular complexity index is 1000. The number of ketones is 1. The summed E-state index contributed by atoms with van der Waals surface area (Å²) in [7, 11) is -3.57. The molecule has 0 aromatic heterocycles. The third kappa shape index (κ3) is 4.33. The number of amides is 2. The van der Waals surface area contributed by atoms with Crippen LogP contribution in [0.3, 0.4) is 0 Å². The Kier molecular flexibility index (Phi) is 6.43. The molecule has 9 nitrogen and oxygen atoms in total. The smallest absolute Gasteiger partial charge is 0.326 e. The number of hydrogen-bond acceptors (Lipinski definition) is 7. The van der Waals surface area contributed by atoms with E-state index in [0.29, 0.717) is 25.9 Å². The summed E-state index contributed by atoms with van der Waals surface area (Å²) in [6.45, 7) is -0.0733. The summed E-state index contributed by atoms with van der Waals surface area (Å²) in [6, 6.07) is 5.51. The molecule has 1 aliphatic carbocycles. The SMILES string of the molecule is O=C(CN1C(=O)C2CCCCC2C1=O)OCC(=O)c1ccc(S(=O)(=O)N2CCCC2)cc1. The third-order valence-electron chi connectivity index (χ3n) is 6.46. The van der Waals surface area contributed by atoms with Gasteiger partial charge in [-0.2, -0.15) is 4.31 Å². The zero-order valence-electron chi connectivity index (χ0n) is 17.7. The molecule has 3 fully saturated rings. The zero-order valence-corrected chi connectivity index (χ0v) is 18.5. The van der Waals surface area contributed by atoms with Crippen LogP contribution in [-0.2, 0) is 29.1 Å². The van der Waals surface area contributed by atoms with Crippen LogP contribution in [0.25, 0.3) is 0 Å². The minimum Gasteiger partial charge on any atom is -0.456 e. The summed E-state index contributed by atoms with van der Waals surface area (Å²) in [6.07, 6.45) is 4.76. The van der Waals surface area contributed by atoms with E-state index in [1.165, 1.54) is 28.6 Å². The van der Waals surface area contributed by atoms with Gasteiger partial charge in [0.2, 0.25) is 21.8 Å². The van der Waals surface area contributed by atoms with Crippen molar-refractivity contribution in [2.45, 2.75) is 43.4 Å². The lowest BCUT2D eigenvalue weighted by molar-refractivity contribution is -0.152. The molecule has 4 rings (SSSR count). The van der Waals surface area contributed by atoms with E-state index in [1.807, 2.05) is 0 Å². The molecular weight excluding hydrogens is 436 g/mol. The molecule has 10 heteroatoms. The van der Waals surface area contributed by atoms with E-state index in [4.69, 9.17) is 4.74 Å². The molecule has 2 aliphatic heterocycles. The Morgan fingerprint density at radius 1 is 0.906 bits per heavy atom. The van der Waals surface area contributed by atoms with Gasteiger partial charge in [-0.3, -0.25) is 24.1 Å². The van der Waals surface area contributed by atoms with E-state index in [2.05, 4.69) is 0 Å². The molecule has 172 valence electrons. The predicted octanol–water partition coefficient (Wildman–Crippen LogP) is 1.37. The van der Waals surface area contributed by atoms with Gasteiger partial charge < -0.3 is 4.74 Å². The van der Waals surface area contributed by atoms with Gasteiger partial charge in [-0.1, -0.05) is 12.8 Å². The Morgan fingerprint density at radius 2 is 1.47 bits per heavy atom. The number of nitrogens with zero attached hydrogens (tertiary/aromatic N) is 2. The zero-order chi connectivity index (χ0) is 22.9. The molecule has 0 radical (unpaired) electrons. The van der Waals surface area contributed by atoms with E-state index in [1.54, 1.807) is 0 Å². The van der Waals surface area contributed by atoms with Crippen molar-refractivity contribution in [1.29, 1.82) is 0 Å². The van der Waals surface area contributed by atoms with Crippen LogP contribution in [0.4, 0.5) is 0 Å². The number of likely N-dealkylation sites (tertiary alicyclic amines) is 1. The summed E-state index contributed by atoms with van der Waals surface area (Å²) in [5.41, 5.74) is 0.206. The maximum absolute atomic E-state index is 12.6. The standard InChI is InChI=1S/C22H26N2O7S/c25-19(15-7-9-16(10-8-15)32(29,30)23-11-3-4-12-23)14-31-20(26)13-24-21(27)17-5-1-2-6-18(17)22(24)28/h7-10,17-18H,1-6,11-14H2. The fourth-order valence-electron chi connectivity index (χ4n) is 4.68. The van der Waals surface area contributed by atoms with Gasteiger partial charge in [0.1, 0.15) is 6.54 Å². The van der Waals surface area contributed by atoms with Gasteiger partial charge in [-0.15, -0.1) is 0 Å². The lowest BCUT2D eigenvalue weighted by Gasteiger charge is -2.19. The first-order chi connectivity index (χ1) is 15.3. The highest BCUT2D eigenvalue weighted by atomic mass is 32.2. The monoisotopic (exact) mass is 462 g/mol. The van der Waals surface area contributed by atoms with E-state index in [-0.39, 0.29) is 34.1 Å². The van der Waals surface area contributed by atoms with Crippen LogP contribution in [0, 0.1) is 11.8 Å². The molecule has 1 aromatic rings. The van der Waals surface area contributed by atoms with Crippen LogP contribution in [0.1, 0.15) is 48.9 Å². The predicted molar refractivity (Wildman–Crippen MR) is 112 cm³/mol. The van der Waals surface area contributed by atoms with Crippen molar-refractivity contribution in [3.8, 4) is 0 Å². The van der Waals surface area contributed by atoms with E-state index >= 15 is 0 Å². The van der Waals surface area contributed by atoms with Crippen molar-refractivity contribution in [2.75, 3.05) is 26.2 Å². The molecule has 2 amide bonds. The number of hydrogen-bond donors (Lipinski definition) is 0. The first-order valence-corrected chi connectivity index (χ1v) is 12.4. The lowest BCUT2D eigenvalue weighted by Crippen LogP contribution is -2.37. The second kappa shape index (κ2) is 9.11. The number of Topliss-reactive ketones (excluding diaryl/α,β-unsaturated/α-hetero) is 1. The molecular formula is C22H26N2O7S. The average molecular weight is 463 g/mol. The maximum atomic E-state index is 12.6. The van der Waals surface area contributed by atoms with Crippen LogP contribution in [0.2, 0.25) is 0 Å². The van der Waals surface area contributed by atoms with Gasteiger partial charge in [0.05, 0.1) is 16.7 Å². The van der Waals surface area contributed by atoms with Gasteiger partial charge in [0.15, 0.2) is 12.4 Å². The van der Waals surface area contributed by atoms with Crippen LogP contribution < -0.4 is 0 Å². The number of rotatable bonds is 7. The van der Waals surface area contributed by atoms with Crippen LogP contribution in [0.15, 0.2) is 29.2 Å². The van der Waals surface area contributed by atoms with Gasteiger partial charge in [-0.25, -0.2) is 8.42 Å². The van der Waals surface area contributed by atoms with Crippen LogP contribution in [0.5, 0.6) is 0 Å². The highest BCUT2D eigenvalue weighted by molar-refractivity contribution is 7.89. The Labute approximate surface area is 186 Å². The van der Waals surface area contributed by atoms with Crippen LogP contribution in [-0.4, -0.2) is 67.4 Å². The van der Waals surface area contributed by atoms with Gasteiger partial charge in [-0.05, 0) is 49.9 Å². The molecule has 2 heterocycles. The minimum atomic E-state index is -3.57. The number of ether oxygens (including phenoxy) is 1. The van der Waals surface area contributed by atoms with Crippen molar-refractivity contribution < 1.29 is 32.3 Å². The Balaban J connectivity index is 1.31. The first-order valence-electron chi connectivity index (χ1n) is 10.9. The van der Waals surface area contributed by atoms with Gasteiger partial charge in [0, 0.05) is 18.7 Å². The van der Waals surface area contributed by atoms with E-state index < -0.39 is 34.9 Å². The number of carbonyl (C=O) groups is 4. The molecule has 0 spiro atoms. The van der Waals surface area contributed by atoms with Crippen molar-refractivity contribution in [3.63, 3.8) is 0 Å². The summed E-state index contributed by atoms with van der Waals surface area (Å²) in [4.78, 5) is 50.4. The highest BCUT2D eigenvalue weighted by Crippen LogP contribution is 2.37. The van der Waals surface area contributed by atoms with Crippen molar-refractivity contribution >= 4 is 33.6 Å². The lowest BCUT2D eigenvalue weighted by atomic mass is 9.81. The number of carbonyl (C=O) groups excluding carboxylic acids is 4. The summed E-state index contributed by atoms with van der Waals surface area (Å²) >= 11 is 0. The number of imide groups is 1. The van der Waals surface area contributed by atoms with E-state index in [9.17, 15) is 27.6 Å². The minimum absolute atomic E-state index is 0.112. The Hall–Kier alpha value is -2.59. The average Bonchev–Trinajstić information content (AvgIpc) is 3.43. The fourth-order valence-corrected chi connectivity index (χ4v) is 6.20. The van der Waals surface area contributed by atoms with Gasteiger partial charge in [0.25, 0.3) is 0 Å². The molecule has 2 unspecified atom stereocenters. The summed E-state index contributed by atoms with van der Waals surface area (Å²) < 4.78 is 31.5. The quantitative estimate of drug-likeness (QED) is 0.341. The molecule has 2 saturated heterocycles. The topological polar surface area (TPSA) is 118 Å². The second-order valence-corrected chi connectivity index (χ2v) is 10.4. The normalized spacial score (nSPS) is 23.9. The van der Waals surface area contributed by atoms with Crippen molar-refractivity contribution in [2.24, 2.45) is 11.8 Å². The first kappa shape index (κ1) is 22.6. The fraction of sp³-hybridized carbons (Fsp3) is 0.545. The molecule has 2 atom stereocenters. The number of esters is 1. The van der Waals surface area contributed by atoms with Crippen LogP contribution >= 0.6 is 0 Å². The summed E-state index contributed by atoms with van der Waals surface area (Å²) in [5, 5.41) is 0. The molecule has 1 aromatic carbocycles. The van der Waals surface area contributed by atoms with Crippen molar-refractivity contribution in [3.05, 3.63) is 29.8 Å². The molecule has 1 saturated carbocycles. The third-order valence-corrected chi connectivity index (χ3v) is 8.38. The highest BCUT2D eigenvalue weighted by Gasteiger charge is 2.48. The maximum Gasteiger partial charge on any atom is 0.326 e. The summed E-state index contributed by atoms with van der Waals surface area (Å²) in [5.74, 6) is -2.69. The molecule has 0 N–H and O–H groups in total. The second-order valence-electron chi connectivity index (χ2n) is 8.48. The Morgan fingerprint density at radius 3 is 2.03 bits per heavy atom. The number of sulfonamides is 1. The molecule has 0 bridgehead atoms. The van der Waals surface area contributed by atoms with Gasteiger partial charge >= 0.3 is 5.97 Å². The van der Waals surface area contributed by atoms with Crippen molar-refractivity contribution in [1.82, 2.24) is 9.21 Å².